The maximum absolute atomic E-state index is 12.0. The number of benzene rings is 1. The molecule has 0 atom stereocenters. The Morgan fingerprint density at radius 2 is 1.80 bits per heavy atom. The maximum atomic E-state index is 12.0. The van der Waals surface area contributed by atoms with E-state index in [-0.39, 0.29) is 16.7 Å². The monoisotopic (exact) mass is 308 g/mol. The first kappa shape index (κ1) is 14.4. The van der Waals surface area contributed by atoms with E-state index in [0.717, 1.165) is 18.0 Å². The van der Waals surface area contributed by atoms with Crippen LogP contribution in [0.25, 0.3) is 0 Å². The highest BCUT2D eigenvalue weighted by atomic mass is 35.5. The lowest BCUT2D eigenvalue weighted by Crippen LogP contribution is -2.23. The van der Waals surface area contributed by atoms with E-state index < -0.39 is 10.0 Å². The molecule has 1 N–H and O–H groups in total. The van der Waals surface area contributed by atoms with Gasteiger partial charge in [0, 0.05) is 6.54 Å². The second-order valence-corrected chi connectivity index (χ2v) is 5.93. The minimum absolute atomic E-state index is 0.0176. The second-order valence-electron chi connectivity index (χ2n) is 3.82. The van der Waals surface area contributed by atoms with Crippen molar-refractivity contribution in [2.75, 3.05) is 0 Å². The van der Waals surface area contributed by atoms with Gasteiger partial charge in [-0.1, -0.05) is 12.1 Å². The number of nitrogens with zero attached hydrogens (tertiary/aromatic N) is 3. The van der Waals surface area contributed by atoms with Gasteiger partial charge in [-0.05, 0) is 29.3 Å². The Hall–Kier alpha value is -2.01. The fourth-order valence-electron chi connectivity index (χ4n) is 1.40. The molecule has 8 heteroatoms. The summed E-state index contributed by atoms with van der Waals surface area (Å²) in [7, 11) is -3.69. The van der Waals surface area contributed by atoms with E-state index in [0.29, 0.717) is 5.56 Å². The van der Waals surface area contributed by atoms with E-state index in [1.807, 2.05) is 6.07 Å². The van der Waals surface area contributed by atoms with Gasteiger partial charge >= 0.3 is 0 Å². The topological polar surface area (TPSA) is 95.7 Å². The molecular weight excluding hydrogens is 300 g/mol. The van der Waals surface area contributed by atoms with E-state index in [1.165, 1.54) is 0 Å². The van der Waals surface area contributed by atoms with Crippen molar-refractivity contribution >= 4 is 21.6 Å². The van der Waals surface area contributed by atoms with Gasteiger partial charge in [0.25, 0.3) is 0 Å². The van der Waals surface area contributed by atoms with Gasteiger partial charge in [0.05, 0.1) is 24.0 Å². The standard InChI is InChI=1S/C12H9ClN4O2S/c13-12-15-7-11(8-16-12)20(18,19)17-6-10-3-1-9(5-14)2-4-10/h1-4,7-8,17H,6H2. The highest BCUT2D eigenvalue weighted by molar-refractivity contribution is 7.89. The third-order valence-corrected chi connectivity index (χ3v) is 4.01. The van der Waals surface area contributed by atoms with E-state index >= 15 is 0 Å². The smallest absolute Gasteiger partial charge is 0.225 e. The van der Waals surface area contributed by atoms with E-state index in [2.05, 4.69) is 14.7 Å². The van der Waals surface area contributed by atoms with Gasteiger partial charge in [-0.25, -0.2) is 23.1 Å². The lowest BCUT2D eigenvalue weighted by atomic mass is 10.1. The summed E-state index contributed by atoms with van der Waals surface area (Å²) in [4.78, 5) is 7.18. The molecular formula is C12H9ClN4O2S. The van der Waals surface area contributed by atoms with Gasteiger partial charge < -0.3 is 0 Å². The van der Waals surface area contributed by atoms with Crippen LogP contribution in [0.1, 0.15) is 11.1 Å². The molecule has 0 aliphatic rings. The highest BCUT2D eigenvalue weighted by Crippen LogP contribution is 2.09. The van der Waals surface area contributed by atoms with Crippen molar-refractivity contribution < 1.29 is 8.42 Å². The molecule has 6 nitrogen and oxygen atoms in total. The van der Waals surface area contributed by atoms with E-state index in [1.54, 1.807) is 24.3 Å². The minimum atomic E-state index is -3.69. The number of halogens is 1. The molecule has 1 aromatic heterocycles. The van der Waals surface area contributed by atoms with E-state index in [4.69, 9.17) is 16.9 Å². The number of nitrogens with one attached hydrogen (secondary N) is 1. The zero-order chi connectivity index (χ0) is 14.6. The number of sulfonamides is 1. The molecule has 0 saturated carbocycles. The van der Waals surface area contributed by atoms with Gasteiger partial charge in [-0.15, -0.1) is 0 Å². The SMILES string of the molecule is N#Cc1ccc(CNS(=O)(=O)c2cnc(Cl)nc2)cc1. The fraction of sp³-hybridized carbons (Fsp3) is 0.0833. The molecule has 0 aliphatic heterocycles. The molecule has 1 aromatic carbocycles. The van der Waals surface area contributed by atoms with Crippen LogP contribution in [0.3, 0.4) is 0 Å². The van der Waals surface area contributed by atoms with Crippen molar-refractivity contribution in [3.05, 3.63) is 53.1 Å². The summed E-state index contributed by atoms with van der Waals surface area (Å²) in [5.74, 6) is 0. The van der Waals surface area contributed by atoms with Crippen LogP contribution in [0.2, 0.25) is 5.28 Å². The molecule has 2 aromatic rings. The summed E-state index contributed by atoms with van der Waals surface area (Å²) in [6, 6.07) is 8.59. The highest BCUT2D eigenvalue weighted by Gasteiger charge is 2.14. The molecule has 0 radical (unpaired) electrons. The van der Waals surface area contributed by atoms with Gasteiger partial charge in [0.2, 0.25) is 15.3 Å². The number of aromatic nitrogens is 2. The molecule has 0 fully saturated rings. The van der Waals surface area contributed by atoms with Crippen LogP contribution in [0.15, 0.2) is 41.6 Å². The first-order valence-corrected chi connectivity index (χ1v) is 7.33. The van der Waals surface area contributed by atoms with Gasteiger partial charge in [0.15, 0.2) is 0 Å². The van der Waals surface area contributed by atoms with Crippen LogP contribution in [-0.2, 0) is 16.6 Å². The summed E-state index contributed by atoms with van der Waals surface area (Å²) >= 11 is 5.50. The average Bonchev–Trinajstić information content (AvgIpc) is 2.46. The summed E-state index contributed by atoms with van der Waals surface area (Å²) in [5, 5.41) is 8.65. The minimum Gasteiger partial charge on any atom is -0.225 e. The summed E-state index contributed by atoms with van der Waals surface area (Å²) in [5.41, 5.74) is 1.25. The molecule has 102 valence electrons. The van der Waals surface area contributed by atoms with Crippen LogP contribution >= 0.6 is 11.6 Å². The molecule has 0 bridgehead atoms. The Morgan fingerprint density at radius 1 is 1.20 bits per heavy atom. The lowest BCUT2D eigenvalue weighted by Gasteiger charge is -2.06. The van der Waals surface area contributed by atoms with Crippen LogP contribution in [0.4, 0.5) is 0 Å². The molecule has 0 aliphatic carbocycles. The Kier molecular flexibility index (Phi) is 4.29. The van der Waals surface area contributed by atoms with Crippen molar-refractivity contribution in [3.63, 3.8) is 0 Å². The van der Waals surface area contributed by atoms with Crippen molar-refractivity contribution in [1.29, 1.82) is 5.26 Å². The van der Waals surface area contributed by atoms with Crippen LogP contribution in [0, 0.1) is 11.3 Å². The van der Waals surface area contributed by atoms with Crippen LogP contribution in [0.5, 0.6) is 0 Å². The molecule has 20 heavy (non-hydrogen) atoms. The number of hydrogen-bond donors (Lipinski definition) is 1. The third-order valence-electron chi connectivity index (χ3n) is 2.46. The Morgan fingerprint density at radius 3 is 2.35 bits per heavy atom. The van der Waals surface area contributed by atoms with Crippen molar-refractivity contribution in [3.8, 4) is 6.07 Å². The zero-order valence-corrected chi connectivity index (χ0v) is 11.7. The van der Waals surface area contributed by atoms with Gasteiger partial charge in [-0.2, -0.15) is 5.26 Å². The summed E-state index contributed by atoms with van der Waals surface area (Å²) in [6.45, 7) is 0.108. The van der Waals surface area contributed by atoms with Crippen molar-refractivity contribution in [2.24, 2.45) is 0 Å². The predicted molar refractivity (Wildman–Crippen MR) is 72.2 cm³/mol. The Labute approximate surface area is 121 Å². The van der Waals surface area contributed by atoms with E-state index in [9.17, 15) is 8.42 Å². The third kappa shape index (κ3) is 3.51. The lowest BCUT2D eigenvalue weighted by molar-refractivity contribution is 0.580. The predicted octanol–water partition coefficient (Wildman–Crippen LogP) is 1.48. The Balaban J connectivity index is 2.09. The quantitative estimate of drug-likeness (QED) is 0.863. The first-order valence-electron chi connectivity index (χ1n) is 5.47. The normalized spacial score (nSPS) is 11.0. The average molecular weight is 309 g/mol. The summed E-state index contributed by atoms with van der Waals surface area (Å²) < 4.78 is 26.3. The Bertz CT molecular complexity index is 737. The summed E-state index contributed by atoms with van der Waals surface area (Å²) in [6.07, 6.45) is 2.27. The number of hydrogen-bond acceptors (Lipinski definition) is 5. The number of nitriles is 1. The molecule has 0 saturated heterocycles. The first-order chi connectivity index (χ1) is 9.51. The van der Waals surface area contributed by atoms with Gasteiger partial charge in [-0.3, -0.25) is 0 Å². The van der Waals surface area contributed by atoms with Crippen molar-refractivity contribution in [1.82, 2.24) is 14.7 Å². The van der Waals surface area contributed by atoms with Crippen LogP contribution < -0.4 is 4.72 Å². The fourth-order valence-corrected chi connectivity index (χ4v) is 2.40. The van der Waals surface area contributed by atoms with Gasteiger partial charge in [0.1, 0.15) is 4.90 Å². The molecule has 2 rings (SSSR count). The maximum Gasteiger partial charge on any atom is 0.243 e. The zero-order valence-electron chi connectivity index (χ0n) is 10.1. The second kappa shape index (κ2) is 5.96. The van der Waals surface area contributed by atoms with Crippen molar-refractivity contribution in [2.45, 2.75) is 11.4 Å². The largest absolute Gasteiger partial charge is 0.243 e. The molecule has 0 amide bonds. The molecule has 1 heterocycles. The molecule has 0 unspecified atom stereocenters. The molecule has 0 spiro atoms. The van der Waals surface area contributed by atoms with Crippen LogP contribution in [-0.4, -0.2) is 18.4 Å². The number of rotatable bonds is 4.